The van der Waals surface area contributed by atoms with E-state index in [-0.39, 0.29) is 11.9 Å². The summed E-state index contributed by atoms with van der Waals surface area (Å²) in [6.45, 7) is 3.45. The van der Waals surface area contributed by atoms with E-state index in [4.69, 9.17) is 4.74 Å². The highest BCUT2D eigenvalue weighted by Crippen LogP contribution is 2.19. The first-order valence-electron chi connectivity index (χ1n) is 9.08. The van der Waals surface area contributed by atoms with Gasteiger partial charge in [-0.05, 0) is 48.1 Å². The number of nitrogens with zero attached hydrogens (tertiary/aromatic N) is 1. The standard InChI is InChI=1S/C21H26N2O2/c1-2-16-3-5-17(6-4-16)7-8-21(24)23-20-15-25-14-19(20)13-18-9-11-22-12-10-18/h3-6,9-12,19-20H,2,7-8,13-15H2,1H3,(H,23,24)/t19-,20+/m1/s1. The fourth-order valence-corrected chi connectivity index (χ4v) is 3.26. The number of pyridine rings is 1. The number of ether oxygens (including phenoxy) is 1. The van der Waals surface area contributed by atoms with Gasteiger partial charge in [-0.3, -0.25) is 9.78 Å². The molecule has 0 saturated carbocycles. The van der Waals surface area contributed by atoms with Crippen LogP contribution in [0.15, 0.2) is 48.8 Å². The Kier molecular flexibility index (Phi) is 6.18. The molecular weight excluding hydrogens is 312 g/mol. The molecule has 1 aromatic heterocycles. The van der Waals surface area contributed by atoms with Gasteiger partial charge in [-0.1, -0.05) is 31.2 Å². The maximum Gasteiger partial charge on any atom is 0.220 e. The van der Waals surface area contributed by atoms with Crippen LogP contribution in [0.1, 0.15) is 30.0 Å². The van der Waals surface area contributed by atoms with Crippen LogP contribution in [0, 0.1) is 5.92 Å². The van der Waals surface area contributed by atoms with E-state index < -0.39 is 0 Å². The van der Waals surface area contributed by atoms with Crippen LogP contribution in [0.4, 0.5) is 0 Å². The number of hydrogen-bond donors (Lipinski definition) is 1. The largest absolute Gasteiger partial charge is 0.379 e. The van der Waals surface area contributed by atoms with E-state index in [9.17, 15) is 4.79 Å². The summed E-state index contributed by atoms with van der Waals surface area (Å²) in [5.74, 6) is 0.435. The van der Waals surface area contributed by atoms with Gasteiger partial charge in [0.2, 0.25) is 5.91 Å². The topological polar surface area (TPSA) is 51.2 Å². The van der Waals surface area contributed by atoms with Crippen LogP contribution in [0.5, 0.6) is 0 Å². The Bertz CT molecular complexity index is 670. The molecule has 2 aromatic rings. The average Bonchev–Trinajstić information content (AvgIpc) is 3.08. The summed E-state index contributed by atoms with van der Waals surface area (Å²) < 4.78 is 5.60. The summed E-state index contributed by atoms with van der Waals surface area (Å²) in [5.41, 5.74) is 3.78. The van der Waals surface area contributed by atoms with Gasteiger partial charge in [-0.15, -0.1) is 0 Å². The normalized spacial score (nSPS) is 19.7. The van der Waals surface area contributed by atoms with E-state index in [1.807, 2.05) is 24.5 Å². The Morgan fingerprint density at radius 2 is 1.80 bits per heavy atom. The number of hydrogen-bond acceptors (Lipinski definition) is 3. The van der Waals surface area contributed by atoms with Gasteiger partial charge in [-0.2, -0.15) is 0 Å². The number of aryl methyl sites for hydroxylation is 2. The van der Waals surface area contributed by atoms with Crippen molar-refractivity contribution in [3.8, 4) is 0 Å². The molecule has 0 radical (unpaired) electrons. The molecule has 1 aromatic carbocycles. The smallest absolute Gasteiger partial charge is 0.220 e. The van der Waals surface area contributed by atoms with Gasteiger partial charge in [0.15, 0.2) is 0 Å². The zero-order chi connectivity index (χ0) is 17.5. The molecule has 0 bridgehead atoms. The lowest BCUT2D eigenvalue weighted by Crippen LogP contribution is -2.40. The van der Waals surface area contributed by atoms with Gasteiger partial charge in [0.05, 0.1) is 19.3 Å². The summed E-state index contributed by atoms with van der Waals surface area (Å²) in [6, 6.07) is 12.7. The fraction of sp³-hybridized carbons (Fsp3) is 0.429. The minimum atomic E-state index is 0.100. The van der Waals surface area contributed by atoms with Crippen LogP contribution in [-0.4, -0.2) is 30.1 Å². The third kappa shape index (κ3) is 5.13. The Balaban J connectivity index is 1.47. The van der Waals surface area contributed by atoms with Crippen molar-refractivity contribution >= 4 is 5.91 Å². The lowest BCUT2D eigenvalue weighted by molar-refractivity contribution is -0.122. The minimum absolute atomic E-state index is 0.100. The highest BCUT2D eigenvalue weighted by atomic mass is 16.5. The van der Waals surface area contributed by atoms with E-state index in [0.717, 1.165) is 19.3 Å². The molecule has 4 nitrogen and oxygen atoms in total. The number of rotatable bonds is 7. The van der Waals surface area contributed by atoms with E-state index in [0.29, 0.717) is 25.6 Å². The summed E-state index contributed by atoms with van der Waals surface area (Å²) in [6.07, 6.45) is 6.86. The van der Waals surface area contributed by atoms with Crippen molar-refractivity contribution < 1.29 is 9.53 Å². The second-order valence-corrected chi connectivity index (χ2v) is 6.70. The highest BCUT2D eigenvalue weighted by Gasteiger charge is 2.29. The van der Waals surface area contributed by atoms with Crippen molar-refractivity contribution in [2.45, 2.75) is 38.6 Å². The molecule has 0 aliphatic carbocycles. The second kappa shape index (κ2) is 8.77. The number of carbonyl (C=O) groups is 1. The molecular formula is C21H26N2O2. The number of nitrogens with one attached hydrogen (secondary N) is 1. The van der Waals surface area contributed by atoms with Crippen LogP contribution in [0.2, 0.25) is 0 Å². The first-order valence-corrected chi connectivity index (χ1v) is 9.08. The fourth-order valence-electron chi connectivity index (χ4n) is 3.26. The molecule has 2 heterocycles. The molecule has 0 unspecified atom stereocenters. The summed E-state index contributed by atoms with van der Waals surface area (Å²) in [5, 5.41) is 3.16. The monoisotopic (exact) mass is 338 g/mol. The lowest BCUT2D eigenvalue weighted by Gasteiger charge is -2.19. The predicted octanol–water partition coefficient (Wildman–Crippen LogP) is 2.95. The van der Waals surface area contributed by atoms with Crippen molar-refractivity contribution in [3.05, 3.63) is 65.5 Å². The summed E-state index contributed by atoms with van der Waals surface area (Å²) >= 11 is 0. The molecule has 3 rings (SSSR count). The van der Waals surface area contributed by atoms with Crippen LogP contribution in [0.25, 0.3) is 0 Å². The Morgan fingerprint density at radius 3 is 2.52 bits per heavy atom. The number of aromatic nitrogens is 1. The van der Waals surface area contributed by atoms with Gasteiger partial charge in [0.25, 0.3) is 0 Å². The van der Waals surface area contributed by atoms with Gasteiger partial charge in [0, 0.05) is 24.7 Å². The van der Waals surface area contributed by atoms with Crippen molar-refractivity contribution in [2.24, 2.45) is 5.92 Å². The number of amides is 1. The molecule has 1 aliphatic heterocycles. The molecule has 4 heteroatoms. The van der Waals surface area contributed by atoms with Crippen molar-refractivity contribution in [3.63, 3.8) is 0 Å². The van der Waals surface area contributed by atoms with E-state index >= 15 is 0 Å². The zero-order valence-corrected chi connectivity index (χ0v) is 14.8. The van der Waals surface area contributed by atoms with E-state index in [1.165, 1.54) is 16.7 Å². The molecule has 1 N–H and O–H groups in total. The first kappa shape index (κ1) is 17.6. The molecule has 1 fully saturated rings. The number of carbonyl (C=O) groups excluding carboxylic acids is 1. The van der Waals surface area contributed by atoms with Gasteiger partial charge in [-0.25, -0.2) is 0 Å². The molecule has 1 saturated heterocycles. The van der Waals surface area contributed by atoms with Gasteiger partial charge in [0.1, 0.15) is 0 Å². The Hall–Kier alpha value is -2.20. The van der Waals surface area contributed by atoms with Crippen LogP contribution in [-0.2, 0) is 28.8 Å². The molecule has 1 amide bonds. The Labute approximate surface area is 149 Å². The SMILES string of the molecule is CCc1ccc(CCC(=O)N[C@H]2COC[C@H]2Cc2ccncc2)cc1. The maximum absolute atomic E-state index is 12.3. The van der Waals surface area contributed by atoms with Gasteiger partial charge >= 0.3 is 0 Å². The maximum atomic E-state index is 12.3. The third-order valence-corrected chi connectivity index (χ3v) is 4.86. The quantitative estimate of drug-likeness (QED) is 0.844. The predicted molar refractivity (Wildman–Crippen MR) is 98.3 cm³/mol. The van der Waals surface area contributed by atoms with Crippen LogP contribution < -0.4 is 5.32 Å². The minimum Gasteiger partial charge on any atom is -0.379 e. The van der Waals surface area contributed by atoms with Crippen molar-refractivity contribution in [2.75, 3.05) is 13.2 Å². The van der Waals surface area contributed by atoms with E-state index in [1.54, 1.807) is 0 Å². The first-order chi connectivity index (χ1) is 12.2. The molecule has 25 heavy (non-hydrogen) atoms. The van der Waals surface area contributed by atoms with Crippen molar-refractivity contribution in [1.82, 2.24) is 10.3 Å². The summed E-state index contributed by atoms with van der Waals surface area (Å²) in [4.78, 5) is 16.4. The van der Waals surface area contributed by atoms with Gasteiger partial charge < -0.3 is 10.1 Å². The molecule has 132 valence electrons. The second-order valence-electron chi connectivity index (χ2n) is 6.70. The van der Waals surface area contributed by atoms with Crippen LogP contribution in [0.3, 0.4) is 0 Å². The molecule has 0 spiro atoms. The van der Waals surface area contributed by atoms with Crippen LogP contribution >= 0.6 is 0 Å². The third-order valence-electron chi connectivity index (χ3n) is 4.86. The Morgan fingerprint density at radius 1 is 1.08 bits per heavy atom. The molecule has 2 atom stereocenters. The average molecular weight is 338 g/mol. The highest BCUT2D eigenvalue weighted by molar-refractivity contribution is 5.76. The molecule has 1 aliphatic rings. The summed E-state index contributed by atoms with van der Waals surface area (Å²) in [7, 11) is 0. The van der Waals surface area contributed by atoms with E-state index in [2.05, 4.69) is 41.5 Å². The lowest BCUT2D eigenvalue weighted by atomic mass is 9.95. The zero-order valence-electron chi connectivity index (χ0n) is 14.8. The van der Waals surface area contributed by atoms with Crippen molar-refractivity contribution in [1.29, 1.82) is 0 Å². The number of benzene rings is 1.